The molecule has 3 N–H and O–H groups in total. The SMILES string of the molecule is CC(C)c1ccc(-n2nc(OCC(=O)O)c3c2CCN(C(=O)OC(C)(C)C)C3CN)cc1. The minimum Gasteiger partial charge on any atom is -0.479 e. The Bertz CT molecular complexity index is 976. The van der Waals surface area contributed by atoms with E-state index >= 15 is 0 Å². The van der Waals surface area contributed by atoms with Gasteiger partial charge >= 0.3 is 12.1 Å². The number of hydrogen-bond acceptors (Lipinski definition) is 6. The molecule has 1 atom stereocenters. The maximum absolute atomic E-state index is 12.8. The van der Waals surface area contributed by atoms with E-state index in [1.54, 1.807) is 30.4 Å². The molecule has 1 aliphatic rings. The van der Waals surface area contributed by atoms with Crippen LogP contribution in [0.4, 0.5) is 4.79 Å². The van der Waals surface area contributed by atoms with Gasteiger partial charge in [0.05, 0.1) is 23.0 Å². The minimum absolute atomic E-state index is 0.119. The number of aromatic nitrogens is 2. The highest BCUT2D eigenvalue weighted by atomic mass is 16.6. The van der Waals surface area contributed by atoms with Crippen molar-refractivity contribution in [3.05, 3.63) is 41.1 Å². The van der Waals surface area contributed by atoms with Gasteiger partial charge in [0.2, 0.25) is 5.88 Å². The molecule has 0 fully saturated rings. The first-order valence-corrected chi connectivity index (χ1v) is 10.8. The van der Waals surface area contributed by atoms with E-state index < -0.39 is 30.3 Å². The van der Waals surface area contributed by atoms with Crippen LogP contribution >= 0.6 is 0 Å². The van der Waals surface area contributed by atoms with E-state index in [9.17, 15) is 9.59 Å². The van der Waals surface area contributed by atoms with Gasteiger partial charge in [-0.3, -0.25) is 4.90 Å². The molecule has 9 heteroatoms. The number of carboxylic acids is 1. The standard InChI is InChI=1S/C23H32N4O5/c1-14(2)15-6-8-16(9-7-15)27-17-10-11-26(22(30)32-23(3,4)5)18(12-24)20(17)21(25-27)31-13-19(28)29/h6-9,14,18H,10-13,24H2,1-5H3,(H,28,29). The van der Waals surface area contributed by atoms with Crippen LogP contribution in [0.1, 0.15) is 63.4 Å². The third-order valence-electron chi connectivity index (χ3n) is 5.27. The Morgan fingerprint density at radius 1 is 1.25 bits per heavy atom. The molecule has 1 unspecified atom stereocenters. The number of fused-ring (bicyclic) bond motifs is 1. The van der Waals surface area contributed by atoms with Crippen molar-refractivity contribution in [1.82, 2.24) is 14.7 Å². The van der Waals surface area contributed by atoms with E-state index in [0.717, 1.165) is 11.4 Å². The van der Waals surface area contributed by atoms with Crippen LogP contribution in [0.5, 0.6) is 5.88 Å². The van der Waals surface area contributed by atoms with Crippen LogP contribution < -0.4 is 10.5 Å². The van der Waals surface area contributed by atoms with Gasteiger partial charge < -0.3 is 20.3 Å². The van der Waals surface area contributed by atoms with E-state index in [-0.39, 0.29) is 12.4 Å². The molecule has 0 saturated heterocycles. The van der Waals surface area contributed by atoms with Gasteiger partial charge in [0.1, 0.15) is 5.60 Å². The van der Waals surface area contributed by atoms with E-state index in [2.05, 4.69) is 18.9 Å². The van der Waals surface area contributed by atoms with Gasteiger partial charge in [0.15, 0.2) is 6.61 Å². The molecule has 1 amide bonds. The molecule has 9 nitrogen and oxygen atoms in total. The number of ether oxygens (including phenoxy) is 2. The predicted molar refractivity (Wildman–Crippen MR) is 119 cm³/mol. The highest BCUT2D eigenvalue weighted by Gasteiger charge is 2.38. The first-order chi connectivity index (χ1) is 15.0. The van der Waals surface area contributed by atoms with Crippen molar-refractivity contribution in [2.75, 3.05) is 19.7 Å². The largest absolute Gasteiger partial charge is 0.479 e. The molecule has 0 bridgehead atoms. The van der Waals surface area contributed by atoms with Crippen LogP contribution in [0.2, 0.25) is 0 Å². The van der Waals surface area contributed by atoms with Crippen LogP contribution in [0.3, 0.4) is 0 Å². The van der Waals surface area contributed by atoms with Gasteiger partial charge in [-0.2, -0.15) is 0 Å². The number of nitrogens with two attached hydrogens (primary N) is 1. The smallest absolute Gasteiger partial charge is 0.410 e. The molecule has 1 aliphatic heterocycles. The van der Waals surface area contributed by atoms with Crippen molar-refractivity contribution in [3.8, 4) is 11.6 Å². The lowest BCUT2D eigenvalue weighted by Crippen LogP contribution is -2.45. The zero-order valence-corrected chi connectivity index (χ0v) is 19.3. The zero-order valence-electron chi connectivity index (χ0n) is 19.3. The summed E-state index contributed by atoms with van der Waals surface area (Å²) in [7, 11) is 0. The average Bonchev–Trinajstić information content (AvgIpc) is 3.09. The van der Waals surface area contributed by atoms with Crippen molar-refractivity contribution < 1.29 is 24.2 Å². The lowest BCUT2D eigenvalue weighted by molar-refractivity contribution is -0.139. The van der Waals surface area contributed by atoms with Gasteiger partial charge in [0, 0.05) is 19.5 Å². The molecule has 0 aliphatic carbocycles. The molecule has 3 rings (SSSR count). The molecule has 1 aromatic heterocycles. The Balaban J connectivity index is 2.04. The van der Waals surface area contributed by atoms with Crippen LogP contribution in [0, 0.1) is 0 Å². The number of amides is 1. The fourth-order valence-electron chi connectivity index (χ4n) is 3.79. The number of carboxylic acid groups (broad SMARTS) is 1. The van der Waals surface area contributed by atoms with E-state index in [0.29, 0.717) is 24.4 Å². The van der Waals surface area contributed by atoms with Crippen LogP contribution in [-0.2, 0) is 16.0 Å². The van der Waals surface area contributed by atoms with Gasteiger partial charge in [-0.05, 0) is 44.4 Å². The number of nitrogens with zero attached hydrogens (tertiary/aromatic N) is 3. The van der Waals surface area contributed by atoms with Crippen LogP contribution in [0.25, 0.3) is 5.69 Å². The van der Waals surface area contributed by atoms with Crippen molar-refractivity contribution in [2.45, 2.75) is 58.6 Å². The van der Waals surface area contributed by atoms with Crippen molar-refractivity contribution in [3.63, 3.8) is 0 Å². The summed E-state index contributed by atoms with van der Waals surface area (Å²) in [5.74, 6) is -0.549. The molecule has 0 radical (unpaired) electrons. The average molecular weight is 445 g/mol. The highest BCUT2D eigenvalue weighted by Crippen LogP contribution is 2.38. The van der Waals surface area contributed by atoms with Gasteiger partial charge in [0.25, 0.3) is 0 Å². The maximum atomic E-state index is 12.8. The quantitative estimate of drug-likeness (QED) is 0.702. The lowest BCUT2D eigenvalue weighted by atomic mass is 9.98. The van der Waals surface area contributed by atoms with E-state index in [1.165, 1.54) is 5.56 Å². The minimum atomic E-state index is -1.11. The number of benzene rings is 1. The molecule has 1 aromatic carbocycles. The lowest BCUT2D eigenvalue weighted by Gasteiger charge is -2.36. The molecular formula is C23H32N4O5. The summed E-state index contributed by atoms with van der Waals surface area (Å²) in [5, 5.41) is 13.7. The second kappa shape index (κ2) is 9.20. The van der Waals surface area contributed by atoms with Crippen LogP contribution in [-0.4, -0.2) is 57.1 Å². The Morgan fingerprint density at radius 2 is 1.91 bits per heavy atom. The summed E-state index contributed by atoms with van der Waals surface area (Å²) in [6, 6.07) is 7.49. The normalized spacial score (nSPS) is 16.1. The Morgan fingerprint density at radius 3 is 2.44 bits per heavy atom. The summed E-state index contributed by atoms with van der Waals surface area (Å²) in [5.41, 5.74) is 8.93. The molecule has 32 heavy (non-hydrogen) atoms. The molecule has 0 spiro atoms. The number of aliphatic carboxylic acids is 1. The second-order valence-corrected chi connectivity index (χ2v) is 9.18. The Hall–Kier alpha value is -3.07. The van der Waals surface area contributed by atoms with Gasteiger partial charge in [-0.1, -0.05) is 26.0 Å². The monoisotopic (exact) mass is 444 g/mol. The Kier molecular flexibility index (Phi) is 6.78. The van der Waals surface area contributed by atoms with Crippen molar-refractivity contribution >= 4 is 12.1 Å². The molecular weight excluding hydrogens is 412 g/mol. The van der Waals surface area contributed by atoms with Crippen molar-refractivity contribution in [1.29, 1.82) is 0 Å². The highest BCUT2D eigenvalue weighted by molar-refractivity contribution is 5.70. The Labute approximate surface area is 188 Å². The second-order valence-electron chi connectivity index (χ2n) is 9.18. The summed E-state index contributed by atoms with van der Waals surface area (Å²) >= 11 is 0. The summed E-state index contributed by atoms with van der Waals surface area (Å²) in [6.45, 7) is 9.64. The first-order valence-electron chi connectivity index (χ1n) is 10.8. The maximum Gasteiger partial charge on any atom is 0.410 e. The predicted octanol–water partition coefficient (Wildman–Crippen LogP) is 3.25. The van der Waals surface area contributed by atoms with Crippen LogP contribution in [0.15, 0.2) is 24.3 Å². The number of carbonyl (C=O) groups is 2. The van der Waals surface area contributed by atoms with E-state index in [1.807, 2.05) is 24.3 Å². The number of rotatable bonds is 6. The van der Waals surface area contributed by atoms with Crippen molar-refractivity contribution in [2.24, 2.45) is 5.73 Å². The summed E-state index contributed by atoms with van der Waals surface area (Å²) in [6.07, 6.45) is 0.0253. The van der Waals surface area contributed by atoms with Gasteiger partial charge in [-0.25, -0.2) is 14.3 Å². The molecule has 2 aromatic rings. The summed E-state index contributed by atoms with van der Waals surface area (Å²) < 4.78 is 12.8. The number of hydrogen-bond donors (Lipinski definition) is 2. The fraction of sp³-hybridized carbons (Fsp3) is 0.522. The zero-order chi connectivity index (χ0) is 23.6. The third-order valence-corrected chi connectivity index (χ3v) is 5.27. The third kappa shape index (κ3) is 5.04. The van der Waals surface area contributed by atoms with E-state index in [4.69, 9.17) is 20.3 Å². The topological polar surface area (TPSA) is 120 Å². The van der Waals surface area contributed by atoms with Gasteiger partial charge in [-0.15, -0.1) is 5.10 Å². The molecule has 0 saturated carbocycles. The summed E-state index contributed by atoms with van der Waals surface area (Å²) in [4.78, 5) is 25.5. The first kappa shape index (κ1) is 23.6. The number of carbonyl (C=O) groups excluding carboxylic acids is 1. The molecule has 174 valence electrons. The fourth-order valence-corrected chi connectivity index (χ4v) is 3.79. The molecule has 2 heterocycles.